The summed E-state index contributed by atoms with van der Waals surface area (Å²) in [5.41, 5.74) is 0. The molecule has 0 aromatic rings. The van der Waals surface area contributed by atoms with Crippen molar-refractivity contribution in [2.45, 2.75) is 11.1 Å². The molecule has 0 aromatic heterocycles. The van der Waals surface area contributed by atoms with Gasteiger partial charge < -0.3 is 0 Å². The molecule has 0 aliphatic carbocycles. The fraction of sp³-hybridized carbons (Fsp3) is 1.00. The molecule has 0 bridgehead atoms. The van der Waals surface area contributed by atoms with Crippen molar-refractivity contribution >= 4 is 15.9 Å². The monoisotopic (exact) mass is 262 g/mol. The maximum absolute atomic E-state index is 5.26. The zero-order chi connectivity index (χ0) is 8.74. The van der Waals surface area contributed by atoms with E-state index in [0.717, 1.165) is 16.5 Å². The van der Waals surface area contributed by atoms with Gasteiger partial charge in [-0.3, -0.25) is 0 Å². The summed E-state index contributed by atoms with van der Waals surface area (Å²) in [6.07, 6.45) is 1.04. The minimum absolute atomic E-state index is 0.911. The van der Waals surface area contributed by atoms with Crippen molar-refractivity contribution in [1.29, 1.82) is 0 Å². The van der Waals surface area contributed by atoms with Gasteiger partial charge in [0.05, 0.1) is 0 Å². The van der Waals surface area contributed by atoms with Crippen LogP contribution >= 0.6 is 15.9 Å². The standard InChI is InChI=1S/C3H6Br.3CH3O.Ti/c1-2-3-4;3*1-2;/h1-3H2;3*1H3;/q;3*-1;+3. The van der Waals surface area contributed by atoms with Crippen molar-refractivity contribution in [3.63, 3.8) is 0 Å². The summed E-state index contributed by atoms with van der Waals surface area (Å²) < 4.78 is 16.7. The zero-order valence-corrected chi connectivity index (χ0v) is 10.4. The van der Waals surface area contributed by atoms with Crippen LogP contribution in [0.1, 0.15) is 6.42 Å². The van der Waals surface area contributed by atoms with E-state index in [9.17, 15) is 0 Å². The topological polar surface area (TPSA) is 27.7 Å². The van der Waals surface area contributed by atoms with E-state index in [4.69, 9.17) is 9.96 Å². The first-order valence-electron chi connectivity index (χ1n) is 3.46. The molecule has 0 aromatic carbocycles. The minimum atomic E-state index is -2.76. The predicted molar refractivity (Wildman–Crippen MR) is 44.2 cm³/mol. The van der Waals surface area contributed by atoms with E-state index in [0.29, 0.717) is 0 Å². The molecule has 0 rings (SSSR count). The zero-order valence-electron chi connectivity index (χ0n) is 7.22. The van der Waals surface area contributed by atoms with E-state index in [2.05, 4.69) is 15.9 Å². The Kier molecular flexibility index (Phi) is 7.22. The van der Waals surface area contributed by atoms with Gasteiger partial charge in [-0.25, -0.2) is 0 Å². The molecule has 0 amide bonds. The summed E-state index contributed by atoms with van der Waals surface area (Å²) in [4.78, 5) is 0. The SMILES string of the molecule is C[O][Ti]([CH2]CCBr)([O]C)[O]C. The molecule has 3 nitrogen and oxygen atoms in total. The third-order valence-electron chi connectivity index (χ3n) is 1.55. The number of hydrogen-bond donors (Lipinski definition) is 0. The Hall–Kier alpha value is 1.07. The average molecular weight is 263 g/mol. The first-order chi connectivity index (χ1) is 5.24. The molecule has 0 aliphatic rings. The van der Waals surface area contributed by atoms with Crippen LogP contribution in [-0.2, 0) is 27.7 Å². The number of halogens is 1. The van der Waals surface area contributed by atoms with Gasteiger partial charge >= 0.3 is 81.4 Å². The molecule has 0 heterocycles. The second-order valence-corrected chi connectivity index (χ2v) is 7.71. The van der Waals surface area contributed by atoms with Gasteiger partial charge in [-0.2, -0.15) is 0 Å². The Labute approximate surface area is 81.3 Å². The summed E-state index contributed by atoms with van der Waals surface area (Å²) in [5, 5.41) is 0.968. The predicted octanol–water partition coefficient (Wildman–Crippen LogP) is 2.03. The molecular formula is C6H15BrO3Ti. The van der Waals surface area contributed by atoms with Crippen LogP contribution in [0.4, 0.5) is 0 Å². The van der Waals surface area contributed by atoms with E-state index < -0.39 is 17.8 Å². The van der Waals surface area contributed by atoms with Crippen LogP contribution in [0.5, 0.6) is 0 Å². The first kappa shape index (κ1) is 12.1. The van der Waals surface area contributed by atoms with E-state index in [1.54, 1.807) is 21.3 Å². The quantitative estimate of drug-likeness (QED) is 0.542. The molecule has 0 saturated carbocycles. The van der Waals surface area contributed by atoms with E-state index in [1.165, 1.54) is 0 Å². The van der Waals surface area contributed by atoms with Crippen LogP contribution in [0.3, 0.4) is 0 Å². The van der Waals surface area contributed by atoms with Crippen molar-refractivity contribution in [2.24, 2.45) is 0 Å². The summed E-state index contributed by atoms with van der Waals surface area (Å²) in [7, 11) is 4.96. The van der Waals surface area contributed by atoms with Crippen LogP contribution in [0.2, 0.25) is 4.73 Å². The summed E-state index contributed by atoms with van der Waals surface area (Å²) in [6.45, 7) is 0. The molecule has 0 atom stereocenters. The summed E-state index contributed by atoms with van der Waals surface area (Å²) in [6, 6.07) is 0. The van der Waals surface area contributed by atoms with Gasteiger partial charge in [0.2, 0.25) is 0 Å². The Morgan fingerprint density at radius 3 is 1.82 bits per heavy atom. The molecule has 0 N–H and O–H groups in total. The van der Waals surface area contributed by atoms with Crippen LogP contribution in [0.15, 0.2) is 0 Å². The van der Waals surface area contributed by atoms with Gasteiger partial charge in [0.15, 0.2) is 0 Å². The van der Waals surface area contributed by atoms with Crippen LogP contribution in [0.25, 0.3) is 0 Å². The molecule has 68 valence electrons. The van der Waals surface area contributed by atoms with E-state index in [-0.39, 0.29) is 0 Å². The normalized spacial score (nSPS) is 12.0. The molecule has 0 fully saturated rings. The van der Waals surface area contributed by atoms with Crippen LogP contribution < -0.4 is 0 Å². The van der Waals surface area contributed by atoms with Crippen molar-refractivity contribution < 1.29 is 27.7 Å². The molecule has 11 heavy (non-hydrogen) atoms. The first-order valence-corrected chi connectivity index (χ1v) is 7.60. The van der Waals surface area contributed by atoms with Gasteiger partial charge in [-0.05, 0) is 0 Å². The Morgan fingerprint density at radius 1 is 1.09 bits per heavy atom. The van der Waals surface area contributed by atoms with Crippen molar-refractivity contribution in [3.05, 3.63) is 0 Å². The Bertz CT molecular complexity index is 89.6. The number of alkyl halides is 1. The molecule has 5 heteroatoms. The average Bonchev–Trinajstić information content (AvgIpc) is 2.08. The van der Waals surface area contributed by atoms with E-state index in [1.807, 2.05) is 0 Å². The van der Waals surface area contributed by atoms with Gasteiger partial charge in [0, 0.05) is 0 Å². The van der Waals surface area contributed by atoms with Gasteiger partial charge in [-0.15, -0.1) is 0 Å². The Morgan fingerprint density at radius 2 is 1.55 bits per heavy atom. The summed E-state index contributed by atoms with van der Waals surface area (Å²) in [5.74, 6) is 0. The second-order valence-electron chi connectivity index (χ2n) is 2.09. The van der Waals surface area contributed by atoms with Crippen molar-refractivity contribution in [1.82, 2.24) is 0 Å². The van der Waals surface area contributed by atoms with Gasteiger partial charge in [-0.1, -0.05) is 0 Å². The molecule has 0 radical (unpaired) electrons. The molecule has 0 saturated heterocycles. The number of rotatable bonds is 6. The third-order valence-corrected chi connectivity index (χ3v) is 6.53. The van der Waals surface area contributed by atoms with Crippen molar-refractivity contribution in [2.75, 3.05) is 26.7 Å². The number of hydrogen-bond acceptors (Lipinski definition) is 3. The molecule has 0 unspecified atom stereocenters. The van der Waals surface area contributed by atoms with Gasteiger partial charge in [0.1, 0.15) is 0 Å². The third kappa shape index (κ3) is 4.01. The van der Waals surface area contributed by atoms with Crippen LogP contribution in [-0.4, -0.2) is 26.7 Å². The molecule has 0 aliphatic heterocycles. The Balaban J connectivity index is 3.84. The maximum atomic E-state index is 5.26. The fourth-order valence-electron chi connectivity index (χ4n) is 0.840. The van der Waals surface area contributed by atoms with E-state index >= 15 is 0 Å². The van der Waals surface area contributed by atoms with Gasteiger partial charge in [0.25, 0.3) is 0 Å². The molecule has 0 spiro atoms. The molecular weight excluding hydrogens is 248 g/mol. The fourth-order valence-corrected chi connectivity index (χ4v) is 4.62. The summed E-state index contributed by atoms with van der Waals surface area (Å²) >= 11 is 0.589. The van der Waals surface area contributed by atoms with Crippen molar-refractivity contribution in [3.8, 4) is 0 Å². The second kappa shape index (κ2) is 6.58. The van der Waals surface area contributed by atoms with Crippen LogP contribution in [0, 0.1) is 0 Å².